The van der Waals surface area contributed by atoms with Crippen LogP contribution in [0.5, 0.6) is 0 Å². The number of nitro groups is 1. The molecule has 0 unspecified atom stereocenters. The van der Waals surface area contributed by atoms with Crippen LogP contribution in [0.3, 0.4) is 0 Å². The van der Waals surface area contributed by atoms with Crippen molar-refractivity contribution in [3.63, 3.8) is 0 Å². The van der Waals surface area contributed by atoms with Gasteiger partial charge >= 0.3 is 7.12 Å². The van der Waals surface area contributed by atoms with Crippen LogP contribution >= 0.6 is 0 Å². The molecule has 0 radical (unpaired) electrons. The van der Waals surface area contributed by atoms with Gasteiger partial charge in [-0.3, -0.25) is 10.1 Å². The van der Waals surface area contributed by atoms with Crippen molar-refractivity contribution in [3.8, 4) is 0 Å². The highest BCUT2D eigenvalue weighted by Crippen LogP contribution is 2.32. The standard InChI is InChI=1S/C11H16BNO4/c1-7-5-6-8(12(14)15)9(11(2,3)4)10(7)13(16)17/h5-6,14-15H,1-4H3. The SMILES string of the molecule is Cc1ccc(B(O)O)c(C(C)(C)C)c1[N+](=O)[O-]. The van der Waals surface area contributed by atoms with Gasteiger partial charge in [0.05, 0.1) is 4.92 Å². The zero-order valence-electron chi connectivity index (χ0n) is 10.4. The van der Waals surface area contributed by atoms with E-state index in [9.17, 15) is 20.2 Å². The monoisotopic (exact) mass is 237 g/mol. The molecule has 2 N–H and O–H groups in total. The van der Waals surface area contributed by atoms with Crippen LogP contribution in [0.2, 0.25) is 0 Å². The maximum Gasteiger partial charge on any atom is 0.488 e. The lowest BCUT2D eigenvalue weighted by molar-refractivity contribution is -0.386. The molecule has 0 aliphatic rings. The van der Waals surface area contributed by atoms with E-state index in [2.05, 4.69) is 0 Å². The van der Waals surface area contributed by atoms with Crippen molar-refractivity contribution >= 4 is 18.3 Å². The largest absolute Gasteiger partial charge is 0.488 e. The average Bonchev–Trinajstić information content (AvgIpc) is 2.14. The molecular formula is C11H16BNO4. The third-order valence-electron chi connectivity index (χ3n) is 2.62. The van der Waals surface area contributed by atoms with Gasteiger partial charge < -0.3 is 10.0 Å². The summed E-state index contributed by atoms with van der Waals surface area (Å²) in [4.78, 5) is 10.6. The first-order valence-electron chi connectivity index (χ1n) is 5.30. The topological polar surface area (TPSA) is 83.6 Å². The summed E-state index contributed by atoms with van der Waals surface area (Å²) in [5, 5.41) is 29.7. The predicted molar refractivity (Wildman–Crippen MR) is 66.4 cm³/mol. The summed E-state index contributed by atoms with van der Waals surface area (Å²) < 4.78 is 0. The van der Waals surface area contributed by atoms with E-state index in [1.807, 2.05) is 0 Å². The second-order valence-corrected chi connectivity index (χ2v) is 5.08. The van der Waals surface area contributed by atoms with E-state index in [0.717, 1.165) is 0 Å². The van der Waals surface area contributed by atoms with Gasteiger partial charge in [-0.25, -0.2) is 0 Å². The van der Waals surface area contributed by atoms with Crippen molar-refractivity contribution in [2.45, 2.75) is 33.1 Å². The van der Waals surface area contributed by atoms with Gasteiger partial charge in [0.1, 0.15) is 0 Å². The molecular weight excluding hydrogens is 221 g/mol. The first-order valence-corrected chi connectivity index (χ1v) is 5.30. The summed E-state index contributed by atoms with van der Waals surface area (Å²) in [7, 11) is -1.71. The molecule has 0 aromatic heterocycles. The Morgan fingerprint density at radius 2 is 1.82 bits per heavy atom. The van der Waals surface area contributed by atoms with Gasteiger partial charge in [0.2, 0.25) is 0 Å². The third kappa shape index (κ3) is 2.65. The third-order valence-corrected chi connectivity index (χ3v) is 2.62. The molecule has 0 saturated heterocycles. The molecule has 0 amide bonds. The molecule has 1 aromatic carbocycles. The minimum absolute atomic E-state index is 0.0388. The van der Waals surface area contributed by atoms with Gasteiger partial charge in [-0.1, -0.05) is 32.9 Å². The Kier molecular flexibility index (Phi) is 3.59. The van der Waals surface area contributed by atoms with E-state index in [1.54, 1.807) is 27.7 Å². The van der Waals surface area contributed by atoms with Gasteiger partial charge in [0, 0.05) is 11.1 Å². The summed E-state index contributed by atoms with van der Waals surface area (Å²) in [5.41, 5.74) is 0.507. The number of hydrogen-bond acceptors (Lipinski definition) is 4. The summed E-state index contributed by atoms with van der Waals surface area (Å²) >= 11 is 0. The molecule has 1 aromatic rings. The normalized spacial score (nSPS) is 11.4. The minimum atomic E-state index is -1.71. The van der Waals surface area contributed by atoms with Crippen LogP contribution in [-0.4, -0.2) is 22.1 Å². The molecule has 92 valence electrons. The predicted octanol–water partition coefficient (Wildman–Crippen LogP) is 0.881. The van der Waals surface area contributed by atoms with Gasteiger partial charge in [0.15, 0.2) is 0 Å². The van der Waals surface area contributed by atoms with Crippen LogP contribution in [0.15, 0.2) is 12.1 Å². The molecule has 6 heteroatoms. The Hall–Kier alpha value is -1.40. The highest BCUT2D eigenvalue weighted by atomic mass is 16.6. The number of nitrogens with zero attached hydrogens (tertiary/aromatic N) is 1. The second-order valence-electron chi connectivity index (χ2n) is 5.08. The van der Waals surface area contributed by atoms with E-state index in [-0.39, 0.29) is 11.2 Å². The van der Waals surface area contributed by atoms with E-state index in [0.29, 0.717) is 11.1 Å². The van der Waals surface area contributed by atoms with Crippen LogP contribution in [0.4, 0.5) is 5.69 Å². The zero-order valence-corrected chi connectivity index (χ0v) is 10.4. The lowest BCUT2D eigenvalue weighted by Gasteiger charge is -2.23. The molecule has 0 bridgehead atoms. The molecule has 0 saturated carbocycles. The fraction of sp³-hybridized carbons (Fsp3) is 0.455. The smallest absolute Gasteiger partial charge is 0.423 e. The van der Waals surface area contributed by atoms with Crippen LogP contribution in [0, 0.1) is 17.0 Å². The number of rotatable bonds is 2. The molecule has 0 aliphatic heterocycles. The van der Waals surface area contributed by atoms with Crippen LogP contribution in [-0.2, 0) is 5.41 Å². The van der Waals surface area contributed by atoms with E-state index in [1.165, 1.54) is 12.1 Å². The van der Waals surface area contributed by atoms with E-state index >= 15 is 0 Å². The molecule has 0 atom stereocenters. The first-order chi connectivity index (χ1) is 7.66. The van der Waals surface area contributed by atoms with Crippen molar-refractivity contribution in [1.82, 2.24) is 0 Å². The molecule has 1 rings (SSSR count). The fourth-order valence-corrected chi connectivity index (χ4v) is 1.95. The average molecular weight is 237 g/mol. The number of benzene rings is 1. The van der Waals surface area contributed by atoms with Gasteiger partial charge in [-0.15, -0.1) is 0 Å². The van der Waals surface area contributed by atoms with E-state index < -0.39 is 17.5 Å². The molecule has 5 nitrogen and oxygen atoms in total. The highest BCUT2D eigenvalue weighted by Gasteiger charge is 2.33. The summed E-state index contributed by atoms with van der Waals surface area (Å²) in [6.07, 6.45) is 0. The first kappa shape index (κ1) is 13.7. The number of aryl methyl sites for hydroxylation is 1. The van der Waals surface area contributed by atoms with Gasteiger partial charge in [-0.05, 0) is 17.8 Å². The quantitative estimate of drug-likeness (QED) is 0.454. The second kappa shape index (κ2) is 4.47. The van der Waals surface area contributed by atoms with E-state index in [4.69, 9.17) is 0 Å². The van der Waals surface area contributed by atoms with Crippen molar-refractivity contribution in [2.24, 2.45) is 0 Å². The number of hydrogen-bond donors (Lipinski definition) is 2. The van der Waals surface area contributed by atoms with Gasteiger partial charge in [0.25, 0.3) is 5.69 Å². The van der Waals surface area contributed by atoms with Gasteiger partial charge in [-0.2, -0.15) is 0 Å². The Morgan fingerprint density at radius 1 is 1.29 bits per heavy atom. The molecule has 0 aliphatic carbocycles. The summed E-state index contributed by atoms with van der Waals surface area (Å²) in [6.45, 7) is 7.06. The Labute approximate surface area is 100 Å². The lowest BCUT2D eigenvalue weighted by Crippen LogP contribution is -2.38. The Morgan fingerprint density at radius 3 is 2.18 bits per heavy atom. The minimum Gasteiger partial charge on any atom is -0.423 e. The van der Waals surface area contributed by atoms with Crippen LogP contribution < -0.4 is 5.46 Å². The summed E-state index contributed by atoms with van der Waals surface area (Å²) in [5.74, 6) is 0. The fourth-order valence-electron chi connectivity index (χ4n) is 1.95. The lowest BCUT2D eigenvalue weighted by atomic mass is 9.69. The maximum atomic E-state index is 11.1. The molecule has 0 fully saturated rings. The molecule has 0 heterocycles. The Bertz CT molecular complexity index is 452. The summed E-state index contributed by atoms with van der Waals surface area (Å²) in [6, 6.07) is 3.05. The molecule has 17 heavy (non-hydrogen) atoms. The van der Waals surface area contributed by atoms with Crippen molar-refractivity contribution < 1.29 is 15.0 Å². The Balaban J connectivity index is 3.68. The van der Waals surface area contributed by atoms with Crippen LogP contribution in [0.1, 0.15) is 31.9 Å². The number of nitro benzene ring substituents is 1. The van der Waals surface area contributed by atoms with Crippen LogP contribution in [0.25, 0.3) is 0 Å². The zero-order chi connectivity index (χ0) is 13.4. The van der Waals surface area contributed by atoms with Crippen molar-refractivity contribution in [3.05, 3.63) is 33.4 Å². The maximum absolute atomic E-state index is 11.1. The molecule has 0 spiro atoms. The highest BCUT2D eigenvalue weighted by molar-refractivity contribution is 6.59. The van der Waals surface area contributed by atoms with Crippen molar-refractivity contribution in [2.75, 3.05) is 0 Å². The van der Waals surface area contributed by atoms with Crippen molar-refractivity contribution in [1.29, 1.82) is 0 Å².